The van der Waals surface area contributed by atoms with Crippen LogP contribution in [0.5, 0.6) is 0 Å². The van der Waals surface area contributed by atoms with Crippen LogP contribution in [0.3, 0.4) is 0 Å². The van der Waals surface area contributed by atoms with Gasteiger partial charge in [-0.2, -0.15) is 4.98 Å². The van der Waals surface area contributed by atoms with E-state index in [1.54, 1.807) is 33.9 Å². The minimum absolute atomic E-state index is 0.0581. The van der Waals surface area contributed by atoms with Gasteiger partial charge in [-0.15, -0.1) is 0 Å². The number of ether oxygens (including phenoxy) is 1. The van der Waals surface area contributed by atoms with Crippen molar-refractivity contribution < 1.29 is 13.9 Å². The molecule has 2 aliphatic heterocycles. The summed E-state index contributed by atoms with van der Waals surface area (Å²) in [6.45, 7) is 9.83. The number of amides is 1. The third kappa shape index (κ3) is 5.62. The van der Waals surface area contributed by atoms with E-state index in [0.29, 0.717) is 69.5 Å². The maximum atomic E-state index is 14.8. The average Bonchev–Trinajstić information content (AvgIpc) is 2.93. The highest BCUT2D eigenvalue weighted by Crippen LogP contribution is 2.25. The summed E-state index contributed by atoms with van der Waals surface area (Å²) in [5, 5.41) is 3.80. The SMILES string of the molecule is C=CC(=O)N1CCN(CCn2c(=O)ccc3cnc(Nc4ccc(N5CCOCC5)c(F)c4)nc32)CC1. The molecule has 0 aliphatic carbocycles. The van der Waals surface area contributed by atoms with Crippen molar-refractivity contribution in [3.8, 4) is 0 Å². The lowest BCUT2D eigenvalue weighted by Gasteiger charge is -2.34. The van der Waals surface area contributed by atoms with Gasteiger partial charge in [0, 0.05) is 75.7 Å². The predicted molar refractivity (Wildman–Crippen MR) is 140 cm³/mol. The molecule has 37 heavy (non-hydrogen) atoms. The summed E-state index contributed by atoms with van der Waals surface area (Å²) in [5.74, 6) is -0.112. The Morgan fingerprint density at radius 2 is 1.86 bits per heavy atom. The third-order valence-corrected chi connectivity index (χ3v) is 6.78. The number of halogens is 1. The first-order valence-electron chi connectivity index (χ1n) is 12.4. The molecule has 10 nitrogen and oxygen atoms in total. The zero-order chi connectivity index (χ0) is 25.8. The average molecular weight is 508 g/mol. The molecule has 2 aromatic heterocycles. The van der Waals surface area contributed by atoms with Gasteiger partial charge in [-0.25, -0.2) is 9.37 Å². The minimum Gasteiger partial charge on any atom is -0.378 e. The summed E-state index contributed by atoms with van der Waals surface area (Å²) in [6, 6.07) is 8.17. The molecule has 2 fully saturated rings. The van der Waals surface area contributed by atoms with Crippen LogP contribution in [-0.4, -0.2) is 89.3 Å². The Labute approximate surface area is 214 Å². The Hall–Kier alpha value is -3.83. The molecule has 1 aromatic carbocycles. The topological polar surface area (TPSA) is 95.8 Å². The smallest absolute Gasteiger partial charge is 0.252 e. The highest BCUT2D eigenvalue weighted by atomic mass is 19.1. The van der Waals surface area contributed by atoms with E-state index >= 15 is 0 Å². The van der Waals surface area contributed by atoms with E-state index in [1.165, 1.54) is 18.2 Å². The van der Waals surface area contributed by atoms with Crippen molar-refractivity contribution in [2.45, 2.75) is 6.54 Å². The number of anilines is 3. The molecule has 5 rings (SSSR count). The molecule has 11 heteroatoms. The van der Waals surface area contributed by atoms with E-state index in [-0.39, 0.29) is 23.2 Å². The fourth-order valence-electron chi connectivity index (χ4n) is 4.68. The summed E-state index contributed by atoms with van der Waals surface area (Å²) in [5.41, 5.74) is 1.41. The summed E-state index contributed by atoms with van der Waals surface area (Å²) < 4.78 is 21.8. The lowest BCUT2D eigenvalue weighted by atomic mass is 10.2. The molecule has 2 saturated heterocycles. The number of piperazine rings is 1. The van der Waals surface area contributed by atoms with Crippen LogP contribution in [0.4, 0.5) is 21.7 Å². The number of morpholine rings is 1. The van der Waals surface area contributed by atoms with Gasteiger partial charge in [-0.1, -0.05) is 6.58 Å². The van der Waals surface area contributed by atoms with Crippen LogP contribution in [-0.2, 0) is 16.1 Å². The van der Waals surface area contributed by atoms with Crippen molar-refractivity contribution in [1.29, 1.82) is 0 Å². The summed E-state index contributed by atoms with van der Waals surface area (Å²) in [4.78, 5) is 39.4. The lowest BCUT2D eigenvalue weighted by Crippen LogP contribution is -2.49. The molecule has 0 saturated carbocycles. The molecule has 1 amide bonds. The number of hydrogen-bond acceptors (Lipinski definition) is 8. The van der Waals surface area contributed by atoms with E-state index in [2.05, 4.69) is 26.8 Å². The van der Waals surface area contributed by atoms with Gasteiger partial charge in [0.2, 0.25) is 11.9 Å². The van der Waals surface area contributed by atoms with E-state index in [1.807, 2.05) is 4.90 Å². The Bertz CT molecular complexity index is 1350. The zero-order valence-corrected chi connectivity index (χ0v) is 20.6. The molecule has 0 atom stereocenters. The van der Waals surface area contributed by atoms with Gasteiger partial charge < -0.3 is 19.9 Å². The van der Waals surface area contributed by atoms with Crippen molar-refractivity contribution >= 4 is 34.3 Å². The fraction of sp³-hybridized carbons (Fsp3) is 0.385. The summed E-state index contributed by atoms with van der Waals surface area (Å²) >= 11 is 0. The monoisotopic (exact) mass is 507 g/mol. The van der Waals surface area contributed by atoms with E-state index in [4.69, 9.17) is 4.74 Å². The second-order valence-corrected chi connectivity index (χ2v) is 9.06. The van der Waals surface area contributed by atoms with Crippen LogP contribution in [0, 0.1) is 5.82 Å². The van der Waals surface area contributed by atoms with Gasteiger partial charge in [-0.05, 0) is 30.3 Å². The minimum atomic E-state index is -0.334. The highest BCUT2D eigenvalue weighted by molar-refractivity contribution is 5.87. The molecule has 0 radical (unpaired) electrons. The van der Waals surface area contributed by atoms with Crippen LogP contribution < -0.4 is 15.8 Å². The first-order chi connectivity index (χ1) is 18.0. The molecular formula is C26H30FN7O3. The predicted octanol–water partition coefficient (Wildman–Crippen LogP) is 1.84. The Morgan fingerprint density at radius 1 is 1.08 bits per heavy atom. The number of rotatable bonds is 7. The molecular weight excluding hydrogens is 477 g/mol. The normalized spacial score (nSPS) is 16.7. The molecule has 194 valence electrons. The molecule has 0 unspecified atom stereocenters. The van der Waals surface area contributed by atoms with Crippen molar-refractivity contribution in [3.63, 3.8) is 0 Å². The van der Waals surface area contributed by atoms with Crippen LogP contribution in [0.15, 0.2) is 54.0 Å². The standard InChI is InChI=1S/C26H30FN7O3/c1-2-23(35)33-10-7-31(8-11-33)9-12-34-24(36)6-3-19-18-28-26(30-25(19)34)29-20-4-5-22(21(27)17-20)32-13-15-37-16-14-32/h2-6,17-18H,1,7-16H2,(H,28,29,30). The number of aromatic nitrogens is 3. The molecule has 2 aliphatic rings. The second kappa shape index (κ2) is 11.1. The second-order valence-electron chi connectivity index (χ2n) is 9.06. The van der Waals surface area contributed by atoms with Gasteiger partial charge >= 0.3 is 0 Å². The maximum Gasteiger partial charge on any atom is 0.252 e. The number of pyridine rings is 1. The van der Waals surface area contributed by atoms with Crippen molar-refractivity contribution in [3.05, 3.63) is 65.4 Å². The van der Waals surface area contributed by atoms with Gasteiger partial charge in [-0.3, -0.25) is 19.1 Å². The highest BCUT2D eigenvalue weighted by Gasteiger charge is 2.20. The zero-order valence-electron chi connectivity index (χ0n) is 20.6. The van der Waals surface area contributed by atoms with E-state index in [0.717, 1.165) is 18.5 Å². The Kier molecular flexibility index (Phi) is 7.42. The Balaban J connectivity index is 1.30. The molecule has 0 bridgehead atoms. The molecule has 1 N–H and O–H groups in total. The quantitative estimate of drug-likeness (QED) is 0.484. The van der Waals surface area contributed by atoms with Crippen LogP contribution >= 0.6 is 0 Å². The number of nitrogens with zero attached hydrogens (tertiary/aromatic N) is 6. The Morgan fingerprint density at radius 3 is 2.59 bits per heavy atom. The van der Waals surface area contributed by atoms with Crippen molar-refractivity contribution in [2.24, 2.45) is 0 Å². The van der Waals surface area contributed by atoms with Gasteiger partial charge in [0.15, 0.2) is 0 Å². The number of fused-ring (bicyclic) bond motifs is 1. The van der Waals surface area contributed by atoms with E-state index in [9.17, 15) is 14.0 Å². The first-order valence-corrected chi connectivity index (χ1v) is 12.4. The van der Waals surface area contributed by atoms with Crippen LogP contribution in [0.1, 0.15) is 0 Å². The van der Waals surface area contributed by atoms with Gasteiger partial charge in [0.25, 0.3) is 5.56 Å². The third-order valence-electron chi connectivity index (χ3n) is 6.78. The van der Waals surface area contributed by atoms with Gasteiger partial charge in [0.05, 0.1) is 18.9 Å². The summed E-state index contributed by atoms with van der Waals surface area (Å²) in [7, 11) is 0. The summed E-state index contributed by atoms with van der Waals surface area (Å²) in [6.07, 6.45) is 2.99. The first kappa shape index (κ1) is 24.8. The van der Waals surface area contributed by atoms with Crippen LogP contribution in [0.2, 0.25) is 0 Å². The number of carbonyl (C=O) groups is 1. The van der Waals surface area contributed by atoms with Crippen molar-refractivity contribution in [1.82, 2.24) is 24.3 Å². The maximum absolute atomic E-state index is 14.8. The molecule has 4 heterocycles. The van der Waals surface area contributed by atoms with Crippen molar-refractivity contribution in [2.75, 3.05) is 69.2 Å². The van der Waals surface area contributed by atoms with Gasteiger partial charge in [0.1, 0.15) is 11.5 Å². The largest absolute Gasteiger partial charge is 0.378 e. The lowest BCUT2D eigenvalue weighted by molar-refractivity contribution is -0.127. The number of carbonyl (C=O) groups excluding carboxylic acids is 1. The fourth-order valence-corrected chi connectivity index (χ4v) is 4.68. The number of benzene rings is 1. The molecule has 0 spiro atoms. The molecule has 3 aromatic rings. The number of nitrogens with one attached hydrogen (secondary N) is 1. The van der Waals surface area contributed by atoms with E-state index < -0.39 is 0 Å². The number of hydrogen-bond donors (Lipinski definition) is 1. The van der Waals surface area contributed by atoms with Crippen LogP contribution in [0.25, 0.3) is 11.0 Å².